The number of rotatable bonds is 6. The van der Waals surface area contributed by atoms with Gasteiger partial charge in [-0.25, -0.2) is 9.97 Å². The highest BCUT2D eigenvalue weighted by Gasteiger charge is 2.26. The van der Waals surface area contributed by atoms with Gasteiger partial charge in [0.15, 0.2) is 5.82 Å². The number of nitro benzene ring substituents is 1. The third kappa shape index (κ3) is 5.25. The highest BCUT2D eigenvalue weighted by molar-refractivity contribution is 5.95. The average Bonchev–Trinajstić information content (AvgIpc) is 2.95. The minimum Gasteiger partial charge on any atom is -0.353 e. The summed E-state index contributed by atoms with van der Waals surface area (Å²) in [6.07, 6.45) is 0.552. The maximum Gasteiger partial charge on any atom is 0.269 e. The van der Waals surface area contributed by atoms with Crippen LogP contribution < -0.4 is 4.90 Å². The molecule has 1 aliphatic rings. The number of piperazine rings is 1. The molecule has 8 heteroatoms. The van der Waals surface area contributed by atoms with Gasteiger partial charge in [0.05, 0.1) is 4.92 Å². The molecule has 1 saturated heterocycles. The molecule has 0 spiro atoms. The summed E-state index contributed by atoms with van der Waals surface area (Å²) in [7, 11) is 0. The Kier molecular flexibility index (Phi) is 7.13. The molecule has 1 fully saturated rings. The van der Waals surface area contributed by atoms with E-state index in [-0.39, 0.29) is 11.6 Å². The minimum atomic E-state index is -0.393. The summed E-state index contributed by atoms with van der Waals surface area (Å²) in [6, 6.07) is 24.2. The first kappa shape index (κ1) is 25.1. The zero-order chi connectivity index (χ0) is 26.6. The van der Waals surface area contributed by atoms with Gasteiger partial charge in [0.1, 0.15) is 5.82 Å². The van der Waals surface area contributed by atoms with Crippen molar-refractivity contribution in [2.45, 2.75) is 20.3 Å². The lowest BCUT2D eigenvalue weighted by Gasteiger charge is -2.37. The van der Waals surface area contributed by atoms with Crippen molar-refractivity contribution >= 4 is 17.4 Å². The maximum atomic E-state index is 13.2. The van der Waals surface area contributed by atoms with Crippen molar-refractivity contribution in [1.29, 1.82) is 0 Å². The first-order chi connectivity index (χ1) is 18.4. The van der Waals surface area contributed by atoms with Gasteiger partial charge in [-0.15, -0.1) is 0 Å². The van der Waals surface area contributed by atoms with E-state index in [0.29, 0.717) is 38.4 Å². The molecule has 5 rings (SSSR count). The number of benzene rings is 3. The van der Waals surface area contributed by atoms with Crippen LogP contribution in [0.15, 0.2) is 78.9 Å². The van der Waals surface area contributed by atoms with E-state index < -0.39 is 4.92 Å². The highest BCUT2D eigenvalue weighted by atomic mass is 16.6. The first-order valence-electron chi connectivity index (χ1n) is 12.7. The van der Waals surface area contributed by atoms with Crippen LogP contribution in [0.4, 0.5) is 11.5 Å². The van der Waals surface area contributed by atoms with E-state index in [2.05, 4.69) is 4.90 Å². The third-order valence-electron chi connectivity index (χ3n) is 6.99. The molecule has 0 saturated carbocycles. The number of hydrogen-bond acceptors (Lipinski definition) is 6. The second-order valence-corrected chi connectivity index (χ2v) is 9.50. The maximum absolute atomic E-state index is 13.2. The molecule has 0 N–H and O–H groups in total. The smallest absolute Gasteiger partial charge is 0.269 e. The van der Waals surface area contributed by atoms with Gasteiger partial charge in [0, 0.05) is 67.1 Å². The second-order valence-electron chi connectivity index (χ2n) is 9.50. The number of carbonyl (C=O) groups excluding carboxylic acids is 1. The number of aromatic nitrogens is 2. The van der Waals surface area contributed by atoms with E-state index in [1.165, 1.54) is 12.1 Å². The van der Waals surface area contributed by atoms with Crippen molar-refractivity contribution in [2.75, 3.05) is 31.1 Å². The molecule has 4 aromatic rings. The lowest BCUT2D eigenvalue weighted by Crippen LogP contribution is -2.49. The Morgan fingerprint density at radius 3 is 2.18 bits per heavy atom. The van der Waals surface area contributed by atoms with Crippen molar-refractivity contribution in [2.24, 2.45) is 0 Å². The number of amides is 1. The van der Waals surface area contributed by atoms with Crippen LogP contribution in [0.3, 0.4) is 0 Å². The molecule has 0 bridgehead atoms. The highest BCUT2D eigenvalue weighted by Crippen LogP contribution is 2.29. The number of aryl methyl sites for hydroxylation is 2. The van der Waals surface area contributed by atoms with Crippen LogP contribution in [-0.4, -0.2) is 51.9 Å². The summed E-state index contributed by atoms with van der Waals surface area (Å²) in [4.78, 5) is 37.8. The SMILES string of the molecule is Cc1ccccc1C(=O)N1CCN(c2nc(-c3ccccc3)nc(C)c2Cc2ccc([N+](=O)[O-])cc2)CC1. The van der Waals surface area contributed by atoms with Crippen molar-refractivity contribution in [1.82, 2.24) is 14.9 Å². The summed E-state index contributed by atoms with van der Waals surface area (Å²) >= 11 is 0. The third-order valence-corrected chi connectivity index (χ3v) is 6.99. The summed E-state index contributed by atoms with van der Waals surface area (Å²) in [5, 5.41) is 11.1. The summed E-state index contributed by atoms with van der Waals surface area (Å²) in [6.45, 7) is 6.42. The van der Waals surface area contributed by atoms with E-state index in [9.17, 15) is 14.9 Å². The van der Waals surface area contributed by atoms with Crippen molar-refractivity contribution in [3.8, 4) is 11.4 Å². The van der Waals surface area contributed by atoms with Gasteiger partial charge in [-0.1, -0.05) is 60.7 Å². The molecule has 3 aromatic carbocycles. The Balaban J connectivity index is 1.44. The van der Waals surface area contributed by atoms with Gasteiger partial charge >= 0.3 is 0 Å². The normalized spacial score (nSPS) is 13.4. The van der Waals surface area contributed by atoms with E-state index in [0.717, 1.165) is 39.3 Å². The molecule has 38 heavy (non-hydrogen) atoms. The largest absolute Gasteiger partial charge is 0.353 e. The summed E-state index contributed by atoms with van der Waals surface area (Å²) in [5.41, 5.74) is 5.52. The molecule has 192 valence electrons. The Labute approximate surface area is 221 Å². The Bertz CT molecular complexity index is 1460. The zero-order valence-electron chi connectivity index (χ0n) is 21.5. The molecule has 0 aliphatic carbocycles. The van der Waals surface area contributed by atoms with Crippen LogP contribution >= 0.6 is 0 Å². The number of nitro groups is 1. The molecule has 0 unspecified atom stereocenters. The molecule has 1 aliphatic heterocycles. The fourth-order valence-corrected chi connectivity index (χ4v) is 4.81. The van der Waals surface area contributed by atoms with Gasteiger partial charge in [-0.05, 0) is 31.0 Å². The van der Waals surface area contributed by atoms with Crippen LogP contribution in [0.2, 0.25) is 0 Å². The predicted octanol–water partition coefficient (Wildman–Crippen LogP) is 5.22. The molecule has 8 nitrogen and oxygen atoms in total. The quantitative estimate of drug-likeness (QED) is 0.262. The van der Waals surface area contributed by atoms with Crippen molar-refractivity contribution < 1.29 is 9.72 Å². The number of nitrogens with zero attached hydrogens (tertiary/aromatic N) is 5. The molecular formula is C30H29N5O3. The molecule has 1 amide bonds. The van der Waals surface area contributed by atoms with Crippen LogP contribution in [0.25, 0.3) is 11.4 Å². The topological polar surface area (TPSA) is 92.5 Å². The lowest BCUT2D eigenvalue weighted by atomic mass is 10.0. The number of hydrogen-bond donors (Lipinski definition) is 0. The minimum absolute atomic E-state index is 0.0534. The van der Waals surface area contributed by atoms with Crippen LogP contribution in [0.5, 0.6) is 0 Å². The van der Waals surface area contributed by atoms with E-state index in [4.69, 9.17) is 9.97 Å². The number of non-ortho nitro benzene ring substituents is 1. The fraction of sp³-hybridized carbons (Fsp3) is 0.233. The van der Waals surface area contributed by atoms with Gasteiger partial charge in [0.25, 0.3) is 11.6 Å². The second kappa shape index (κ2) is 10.8. The Morgan fingerprint density at radius 2 is 1.53 bits per heavy atom. The summed E-state index contributed by atoms with van der Waals surface area (Å²) in [5.74, 6) is 1.55. The van der Waals surface area contributed by atoms with E-state index in [1.54, 1.807) is 12.1 Å². The van der Waals surface area contributed by atoms with Crippen molar-refractivity contribution in [3.05, 3.63) is 117 Å². The number of carbonyl (C=O) groups is 1. The first-order valence-corrected chi connectivity index (χ1v) is 12.7. The predicted molar refractivity (Wildman–Crippen MR) is 147 cm³/mol. The fourth-order valence-electron chi connectivity index (χ4n) is 4.81. The zero-order valence-corrected chi connectivity index (χ0v) is 21.5. The Morgan fingerprint density at radius 1 is 0.868 bits per heavy atom. The van der Waals surface area contributed by atoms with Crippen molar-refractivity contribution in [3.63, 3.8) is 0 Å². The van der Waals surface area contributed by atoms with E-state index in [1.807, 2.05) is 73.3 Å². The van der Waals surface area contributed by atoms with Gasteiger partial charge in [-0.3, -0.25) is 14.9 Å². The molecule has 0 atom stereocenters. The van der Waals surface area contributed by atoms with Gasteiger partial charge in [-0.2, -0.15) is 0 Å². The molecule has 1 aromatic heterocycles. The van der Waals surface area contributed by atoms with Crippen LogP contribution in [0.1, 0.15) is 32.7 Å². The average molecular weight is 508 g/mol. The van der Waals surface area contributed by atoms with Crippen LogP contribution in [-0.2, 0) is 6.42 Å². The van der Waals surface area contributed by atoms with Gasteiger partial charge in [0.2, 0.25) is 0 Å². The molecule has 0 radical (unpaired) electrons. The standard InChI is InChI=1S/C30H29N5O3/c1-21-8-6-7-11-26(21)30(36)34-18-16-33(17-19-34)29-27(20-23-12-14-25(15-13-23)35(37)38)22(2)31-28(32-29)24-9-4-3-5-10-24/h3-15H,16-20H2,1-2H3. The molecule has 2 heterocycles. The monoisotopic (exact) mass is 507 g/mol. The summed E-state index contributed by atoms with van der Waals surface area (Å²) < 4.78 is 0. The van der Waals surface area contributed by atoms with Gasteiger partial charge < -0.3 is 9.80 Å². The van der Waals surface area contributed by atoms with Crippen LogP contribution in [0, 0.1) is 24.0 Å². The Hall–Kier alpha value is -4.59. The lowest BCUT2D eigenvalue weighted by molar-refractivity contribution is -0.384. The number of anilines is 1. The van der Waals surface area contributed by atoms with E-state index >= 15 is 0 Å². The molecular weight excluding hydrogens is 478 g/mol.